The Morgan fingerprint density at radius 2 is 1.61 bits per heavy atom. The number of nitrogens with two attached hydrogens (primary N) is 1. The maximum Gasteiger partial charge on any atom is 0.213 e. The monoisotopic (exact) mass is 332 g/mol. The van der Waals surface area contributed by atoms with Gasteiger partial charge in [-0.3, -0.25) is 4.99 Å². The van der Waals surface area contributed by atoms with E-state index in [0.717, 1.165) is 11.3 Å². The van der Waals surface area contributed by atoms with Crippen LogP contribution < -0.4 is 15.8 Å². The van der Waals surface area contributed by atoms with Crippen LogP contribution in [0.25, 0.3) is 0 Å². The number of hydrogen-bond donors (Lipinski definition) is 3. The number of para-hydroxylation sites is 1. The zero-order valence-corrected chi connectivity index (χ0v) is 13.5. The van der Waals surface area contributed by atoms with Crippen LogP contribution in [-0.4, -0.2) is 26.7 Å². The number of guanidine groups is 1. The van der Waals surface area contributed by atoms with Gasteiger partial charge in [0.05, 0.1) is 12.3 Å². The van der Waals surface area contributed by atoms with Crippen LogP contribution in [0.5, 0.6) is 0 Å². The van der Waals surface area contributed by atoms with E-state index in [2.05, 4.69) is 15.0 Å². The number of sulfonamides is 1. The lowest BCUT2D eigenvalue weighted by atomic mass is 10.2. The van der Waals surface area contributed by atoms with E-state index in [4.69, 9.17) is 5.73 Å². The number of nitrogens with one attached hydrogen (secondary N) is 2. The lowest BCUT2D eigenvalue weighted by molar-refractivity contribution is 0.581. The summed E-state index contributed by atoms with van der Waals surface area (Å²) < 4.78 is 26.3. The zero-order valence-electron chi connectivity index (χ0n) is 12.6. The molecule has 2 rings (SSSR count). The van der Waals surface area contributed by atoms with Gasteiger partial charge in [0.15, 0.2) is 5.96 Å². The molecule has 23 heavy (non-hydrogen) atoms. The van der Waals surface area contributed by atoms with Gasteiger partial charge in [0.2, 0.25) is 10.0 Å². The number of rotatable bonds is 7. The molecule has 0 aliphatic rings. The molecule has 0 spiro atoms. The van der Waals surface area contributed by atoms with Crippen molar-refractivity contribution < 1.29 is 8.42 Å². The molecule has 4 N–H and O–H groups in total. The molecule has 122 valence electrons. The van der Waals surface area contributed by atoms with E-state index in [0.29, 0.717) is 0 Å². The third-order valence-electron chi connectivity index (χ3n) is 3.03. The molecular weight excluding hydrogens is 312 g/mol. The lowest BCUT2D eigenvalue weighted by Gasteiger charge is -2.07. The Labute approximate surface area is 136 Å². The van der Waals surface area contributed by atoms with Crippen molar-refractivity contribution in [2.45, 2.75) is 6.54 Å². The van der Waals surface area contributed by atoms with E-state index in [1.165, 1.54) is 0 Å². The summed E-state index contributed by atoms with van der Waals surface area (Å²) in [4.78, 5) is 4.02. The van der Waals surface area contributed by atoms with Crippen LogP contribution in [0, 0.1) is 0 Å². The van der Waals surface area contributed by atoms with E-state index in [-0.39, 0.29) is 24.8 Å². The molecule has 0 atom stereocenters. The van der Waals surface area contributed by atoms with Crippen LogP contribution in [0.2, 0.25) is 0 Å². The summed E-state index contributed by atoms with van der Waals surface area (Å²) in [6.07, 6.45) is 0. The summed E-state index contributed by atoms with van der Waals surface area (Å²) in [5.41, 5.74) is 7.44. The molecule has 0 saturated carbocycles. The fraction of sp³-hybridized carbons (Fsp3) is 0.188. The fourth-order valence-corrected chi connectivity index (χ4v) is 2.72. The molecule has 2 aromatic rings. The summed E-state index contributed by atoms with van der Waals surface area (Å²) in [6, 6.07) is 18.7. The van der Waals surface area contributed by atoms with E-state index in [9.17, 15) is 8.42 Å². The SMILES string of the molecule is NC(=NCCS(=O)(=O)NCc1ccccc1)Nc1ccccc1. The summed E-state index contributed by atoms with van der Waals surface area (Å²) >= 11 is 0. The van der Waals surface area contributed by atoms with Crippen LogP contribution in [0.15, 0.2) is 65.7 Å². The van der Waals surface area contributed by atoms with Crippen molar-refractivity contribution in [3.8, 4) is 0 Å². The first-order chi connectivity index (χ1) is 11.1. The van der Waals surface area contributed by atoms with Crippen LogP contribution >= 0.6 is 0 Å². The Morgan fingerprint density at radius 1 is 1.00 bits per heavy atom. The third-order valence-corrected chi connectivity index (χ3v) is 4.33. The van der Waals surface area contributed by atoms with Gasteiger partial charge in [-0.15, -0.1) is 0 Å². The number of nitrogens with zero attached hydrogens (tertiary/aromatic N) is 1. The molecule has 0 radical (unpaired) electrons. The molecule has 0 bridgehead atoms. The summed E-state index contributed by atoms with van der Waals surface area (Å²) in [5.74, 6) is 0.0752. The largest absolute Gasteiger partial charge is 0.370 e. The van der Waals surface area contributed by atoms with Gasteiger partial charge in [-0.05, 0) is 17.7 Å². The Hall–Kier alpha value is -2.38. The molecule has 7 heteroatoms. The summed E-state index contributed by atoms with van der Waals surface area (Å²) in [6.45, 7) is 0.362. The van der Waals surface area contributed by atoms with Crippen molar-refractivity contribution in [1.82, 2.24) is 4.72 Å². The van der Waals surface area contributed by atoms with E-state index < -0.39 is 10.0 Å². The molecule has 0 aromatic heterocycles. The molecule has 0 aliphatic heterocycles. The first-order valence-electron chi connectivity index (χ1n) is 7.18. The predicted octanol–water partition coefficient (Wildman–Crippen LogP) is 1.53. The Balaban J connectivity index is 1.78. The highest BCUT2D eigenvalue weighted by atomic mass is 32.2. The van der Waals surface area contributed by atoms with Crippen molar-refractivity contribution in [3.05, 3.63) is 66.2 Å². The minimum absolute atomic E-state index is 0.0930. The van der Waals surface area contributed by atoms with E-state index in [1.54, 1.807) is 0 Å². The number of benzene rings is 2. The summed E-state index contributed by atoms with van der Waals surface area (Å²) in [7, 11) is -3.39. The molecule has 0 aliphatic carbocycles. The highest BCUT2D eigenvalue weighted by Gasteiger charge is 2.09. The second-order valence-electron chi connectivity index (χ2n) is 4.88. The fourth-order valence-electron chi connectivity index (χ4n) is 1.86. The first kappa shape index (κ1) is 17.0. The predicted molar refractivity (Wildman–Crippen MR) is 93.6 cm³/mol. The molecule has 0 unspecified atom stereocenters. The number of hydrogen-bond acceptors (Lipinski definition) is 3. The molecule has 6 nitrogen and oxygen atoms in total. The van der Waals surface area contributed by atoms with Gasteiger partial charge >= 0.3 is 0 Å². The lowest BCUT2D eigenvalue weighted by Crippen LogP contribution is -2.28. The van der Waals surface area contributed by atoms with Gasteiger partial charge in [-0.25, -0.2) is 13.1 Å². The Bertz CT molecular complexity index is 731. The van der Waals surface area contributed by atoms with Gasteiger partial charge < -0.3 is 11.1 Å². The van der Waals surface area contributed by atoms with Crippen molar-refractivity contribution in [2.75, 3.05) is 17.6 Å². The molecular formula is C16H20N4O2S. The summed E-state index contributed by atoms with van der Waals surface area (Å²) in [5, 5.41) is 2.90. The Kier molecular flexibility index (Phi) is 6.13. The average Bonchev–Trinajstić information content (AvgIpc) is 2.55. The van der Waals surface area contributed by atoms with E-state index >= 15 is 0 Å². The van der Waals surface area contributed by atoms with Gasteiger partial charge in [0, 0.05) is 12.2 Å². The van der Waals surface area contributed by atoms with Gasteiger partial charge in [0.25, 0.3) is 0 Å². The highest BCUT2D eigenvalue weighted by Crippen LogP contribution is 2.04. The molecule has 2 aromatic carbocycles. The van der Waals surface area contributed by atoms with Gasteiger partial charge in [0.1, 0.15) is 0 Å². The van der Waals surface area contributed by atoms with Gasteiger partial charge in [-0.2, -0.15) is 0 Å². The molecule has 0 saturated heterocycles. The standard InChI is InChI=1S/C16H20N4O2S/c17-16(20-15-9-5-2-6-10-15)18-11-12-23(21,22)19-13-14-7-3-1-4-8-14/h1-10,19H,11-13H2,(H3,17,18,20). The van der Waals surface area contributed by atoms with Crippen molar-refractivity contribution in [3.63, 3.8) is 0 Å². The molecule has 0 heterocycles. The third kappa shape index (κ3) is 6.50. The maximum absolute atomic E-state index is 11.9. The van der Waals surface area contributed by atoms with Crippen molar-refractivity contribution >= 4 is 21.7 Å². The second kappa shape index (κ2) is 8.30. The quantitative estimate of drug-likeness (QED) is 0.529. The first-order valence-corrected chi connectivity index (χ1v) is 8.84. The zero-order chi connectivity index (χ0) is 16.5. The van der Waals surface area contributed by atoms with Gasteiger partial charge in [-0.1, -0.05) is 48.5 Å². The molecule has 0 fully saturated rings. The highest BCUT2D eigenvalue weighted by molar-refractivity contribution is 7.89. The minimum Gasteiger partial charge on any atom is -0.370 e. The average molecular weight is 332 g/mol. The minimum atomic E-state index is -3.39. The normalized spacial score (nSPS) is 12.1. The smallest absolute Gasteiger partial charge is 0.213 e. The number of aliphatic imine (C=N–C) groups is 1. The Morgan fingerprint density at radius 3 is 2.26 bits per heavy atom. The van der Waals surface area contributed by atoms with E-state index in [1.807, 2.05) is 60.7 Å². The molecule has 0 amide bonds. The van der Waals surface area contributed by atoms with Crippen LogP contribution in [-0.2, 0) is 16.6 Å². The van der Waals surface area contributed by atoms with Crippen molar-refractivity contribution in [1.29, 1.82) is 0 Å². The number of anilines is 1. The topological polar surface area (TPSA) is 96.6 Å². The van der Waals surface area contributed by atoms with Crippen LogP contribution in [0.3, 0.4) is 0 Å². The maximum atomic E-state index is 11.9. The van der Waals surface area contributed by atoms with Crippen molar-refractivity contribution in [2.24, 2.45) is 10.7 Å². The van der Waals surface area contributed by atoms with Crippen LogP contribution in [0.1, 0.15) is 5.56 Å². The van der Waals surface area contributed by atoms with Crippen LogP contribution in [0.4, 0.5) is 5.69 Å². The second-order valence-corrected chi connectivity index (χ2v) is 6.81.